The van der Waals surface area contributed by atoms with Crippen LogP contribution in [0.15, 0.2) is 15.9 Å². The lowest BCUT2D eigenvalue weighted by Crippen LogP contribution is -2.40. The van der Waals surface area contributed by atoms with E-state index in [4.69, 9.17) is 0 Å². The average molecular weight is 374 g/mol. The third kappa shape index (κ3) is 3.50. The van der Waals surface area contributed by atoms with E-state index in [9.17, 15) is 14.4 Å². The Kier molecular flexibility index (Phi) is 5.13. The summed E-state index contributed by atoms with van der Waals surface area (Å²) in [6.45, 7) is 2.85. The number of nitrogens with zero attached hydrogens (tertiary/aromatic N) is 3. The smallest absolute Gasteiger partial charge is 0.283 e. The van der Waals surface area contributed by atoms with Crippen LogP contribution in [0.4, 0.5) is 4.79 Å². The van der Waals surface area contributed by atoms with Crippen molar-refractivity contribution in [3.05, 3.63) is 20.8 Å². The van der Waals surface area contributed by atoms with E-state index in [1.54, 1.807) is 18.4 Å². The van der Waals surface area contributed by atoms with Crippen LogP contribution in [0.2, 0.25) is 0 Å². The lowest BCUT2D eigenvalue weighted by atomic mass is 10.4. The molecule has 114 valence electrons. The topological polar surface area (TPSA) is 60.9 Å². The van der Waals surface area contributed by atoms with Gasteiger partial charge < -0.3 is 0 Å². The van der Waals surface area contributed by atoms with Gasteiger partial charge in [-0.25, -0.2) is 9.69 Å². The van der Waals surface area contributed by atoms with Crippen LogP contribution in [0.3, 0.4) is 0 Å². The van der Waals surface area contributed by atoms with Gasteiger partial charge >= 0.3 is 17.8 Å². The largest absolute Gasteiger partial charge is 0.335 e. The summed E-state index contributed by atoms with van der Waals surface area (Å²) in [7, 11) is 1.81. The second kappa shape index (κ2) is 6.67. The van der Waals surface area contributed by atoms with Gasteiger partial charge in [0.1, 0.15) is 0 Å². The first kappa shape index (κ1) is 16.1. The van der Waals surface area contributed by atoms with Crippen LogP contribution in [0.25, 0.3) is 0 Å². The summed E-state index contributed by atoms with van der Waals surface area (Å²) < 4.78 is 1.03. The summed E-state index contributed by atoms with van der Waals surface area (Å²) in [5.74, 6) is -1.47. The molecule has 1 aliphatic rings. The molecule has 0 saturated carbocycles. The first-order chi connectivity index (χ1) is 9.93. The third-order valence-electron chi connectivity index (χ3n) is 3.02. The van der Waals surface area contributed by atoms with E-state index in [0.717, 1.165) is 18.5 Å². The SMILES string of the molecule is CCCN1C(=O)C(=O)N(CN(C)Cc2ccc(Br)s2)C1=O. The number of urea groups is 1. The van der Waals surface area contributed by atoms with Crippen molar-refractivity contribution in [2.24, 2.45) is 0 Å². The number of rotatable bonds is 6. The Labute approximate surface area is 135 Å². The number of amides is 4. The molecule has 1 aromatic heterocycles. The molecule has 0 unspecified atom stereocenters. The quantitative estimate of drug-likeness (QED) is 0.565. The van der Waals surface area contributed by atoms with Crippen LogP contribution in [-0.4, -0.2) is 52.8 Å². The van der Waals surface area contributed by atoms with Crippen molar-refractivity contribution in [1.29, 1.82) is 0 Å². The summed E-state index contributed by atoms with van der Waals surface area (Å²) in [6, 6.07) is 3.41. The molecule has 1 aliphatic heterocycles. The van der Waals surface area contributed by atoms with E-state index >= 15 is 0 Å². The minimum absolute atomic E-state index is 0.110. The Bertz CT molecular complexity index is 575. The van der Waals surface area contributed by atoms with E-state index < -0.39 is 17.8 Å². The lowest BCUT2D eigenvalue weighted by molar-refractivity contribution is -0.143. The molecular weight excluding hydrogens is 358 g/mol. The van der Waals surface area contributed by atoms with E-state index in [-0.39, 0.29) is 13.2 Å². The van der Waals surface area contributed by atoms with E-state index in [0.29, 0.717) is 13.0 Å². The van der Waals surface area contributed by atoms with E-state index in [2.05, 4.69) is 15.9 Å². The fourth-order valence-electron chi connectivity index (χ4n) is 2.09. The van der Waals surface area contributed by atoms with Crippen LogP contribution >= 0.6 is 27.3 Å². The summed E-state index contributed by atoms with van der Waals surface area (Å²) in [4.78, 5) is 40.7. The molecular formula is C13H16BrN3O3S. The van der Waals surface area contributed by atoms with Crippen LogP contribution in [0, 0.1) is 0 Å². The second-order valence-corrected chi connectivity index (χ2v) is 7.38. The van der Waals surface area contributed by atoms with Crippen LogP contribution in [0.5, 0.6) is 0 Å². The van der Waals surface area contributed by atoms with Gasteiger partial charge in [-0.05, 0) is 41.5 Å². The molecule has 1 aromatic rings. The maximum Gasteiger partial charge on any atom is 0.335 e. The lowest BCUT2D eigenvalue weighted by Gasteiger charge is -2.21. The van der Waals surface area contributed by atoms with Gasteiger partial charge in [-0.15, -0.1) is 11.3 Å². The van der Waals surface area contributed by atoms with Crippen molar-refractivity contribution in [3.63, 3.8) is 0 Å². The Morgan fingerprint density at radius 3 is 2.43 bits per heavy atom. The highest BCUT2D eigenvalue weighted by Gasteiger charge is 2.44. The number of imide groups is 2. The van der Waals surface area contributed by atoms with Gasteiger partial charge in [0.2, 0.25) is 0 Å². The molecule has 0 aliphatic carbocycles. The molecule has 0 spiro atoms. The van der Waals surface area contributed by atoms with Gasteiger partial charge in [0.15, 0.2) is 0 Å². The normalized spacial score (nSPS) is 15.7. The molecule has 0 N–H and O–H groups in total. The van der Waals surface area contributed by atoms with Crippen molar-refractivity contribution in [2.75, 3.05) is 20.3 Å². The number of hydrogen-bond acceptors (Lipinski definition) is 5. The van der Waals surface area contributed by atoms with Gasteiger partial charge in [0.25, 0.3) is 0 Å². The van der Waals surface area contributed by atoms with E-state index in [1.807, 2.05) is 24.0 Å². The summed E-state index contributed by atoms with van der Waals surface area (Å²) in [5.41, 5.74) is 0. The monoisotopic (exact) mass is 373 g/mol. The number of carbonyl (C=O) groups excluding carboxylic acids is 3. The molecule has 8 heteroatoms. The zero-order chi connectivity index (χ0) is 15.6. The second-order valence-electron chi connectivity index (χ2n) is 4.83. The predicted molar refractivity (Wildman–Crippen MR) is 82.6 cm³/mol. The molecule has 4 amide bonds. The predicted octanol–water partition coefficient (Wildman–Crippen LogP) is 2.10. The molecule has 1 fully saturated rings. The molecule has 0 bridgehead atoms. The fourth-order valence-corrected chi connectivity index (χ4v) is 3.65. The molecule has 0 radical (unpaired) electrons. The fraction of sp³-hybridized carbons (Fsp3) is 0.462. The molecule has 0 atom stereocenters. The minimum atomic E-state index is -0.743. The molecule has 0 aromatic carbocycles. The standard InChI is InChI=1S/C13H16BrN3O3S/c1-3-6-16-11(18)12(19)17(13(16)20)8-15(2)7-9-4-5-10(14)21-9/h4-5H,3,6-8H2,1-2H3. The summed E-state index contributed by atoms with van der Waals surface area (Å²) >= 11 is 4.99. The third-order valence-corrected chi connectivity index (χ3v) is 4.63. The molecule has 2 heterocycles. The molecule has 2 rings (SSSR count). The van der Waals surface area contributed by atoms with Gasteiger partial charge in [-0.3, -0.25) is 19.4 Å². The Morgan fingerprint density at radius 1 is 1.19 bits per heavy atom. The van der Waals surface area contributed by atoms with Crippen LogP contribution in [-0.2, 0) is 16.1 Å². The summed E-state index contributed by atoms with van der Waals surface area (Å²) in [6.07, 6.45) is 0.637. The highest BCUT2D eigenvalue weighted by atomic mass is 79.9. The zero-order valence-electron chi connectivity index (χ0n) is 11.8. The maximum atomic E-state index is 12.1. The average Bonchev–Trinajstić information content (AvgIpc) is 2.91. The van der Waals surface area contributed by atoms with Crippen LogP contribution in [0.1, 0.15) is 18.2 Å². The molecule has 6 nitrogen and oxygen atoms in total. The minimum Gasteiger partial charge on any atom is -0.283 e. The number of thiophene rings is 1. The molecule has 1 saturated heterocycles. The maximum absolute atomic E-state index is 12.1. The van der Waals surface area contributed by atoms with Gasteiger partial charge in [-0.1, -0.05) is 6.92 Å². The number of carbonyl (C=O) groups is 3. The van der Waals surface area contributed by atoms with Crippen molar-refractivity contribution in [2.45, 2.75) is 19.9 Å². The Balaban J connectivity index is 2.00. The Morgan fingerprint density at radius 2 is 1.86 bits per heavy atom. The Hall–Kier alpha value is -1.25. The van der Waals surface area contributed by atoms with Gasteiger partial charge in [-0.2, -0.15) is 0 Å². The highest BCUT2D eigenvalue weighted by Crippen LogP contribution is 2.23. The number of halogens is 1. The zero-order valence-corrected chi connectivity index (χ0v) is 14.2. The highest BCUT2D eigenvalue weighted by molar-refractivity contribution is 9.11. The molecule has 21 heavy (non-hydrogen) atoms. The van der Waals surface area contributed by atoms with Crippen molar-refractivity contribution in [3.8, 4) is 0 Å². The van der Waals surface area contributed by atoms with Gasteiger partial charge in [0, 0.05) is 18.0 Å². The van der Waals surface area contributed by atoms with Crippen molar-refractivity contribution >= 4 is 45.1 Å². The van der Waals surface area contributed by atoms with E-state index in [1.165, 1.54) is 0 Å². The van der Waals surface area contributed by atoms with Gasteiger partial charge in [0.05, 0.1) is 10.5 Å². The van der Waals surface area contributed by atoms with Crippen molar-refractivity contribution in [1.82, 2.24) is 14.7 Å². The number of hydrogen-bond donors (Lipinski definition) is 0. The first-order valence-corrected chi connectivity index (χ1v) is 8.15. The first-order valence-electron chi connectivity index (χ1n) is 6.54. The van der Waals surface area contributed by atoms with Crippen molar-refractivity contribution < 1.29 is 14.4 Å². The van der Waals surface area contributed by atoms with Crippen LogP contribution < -0.4 is 0 Å². The summed E-state index contributed by atoms with van der Waals surface area (Å²) in [5, 5.41) is 0.